The minimum atomic E-state index is 0.445. The molecule has 115 valence electrons. The molecule has 0 aliphatic heterocycles. The fraction of sp³-hybridized carbons (Fsp3) is 0.217. The van der Waals surface area contributed by atoms with Crippen LogP contribution in [0.4, 0.5) is 0 Å². The Morgan fingerprint density at radius 3 is 1.70 bits per heavy atom. The molecule has 3 rings (SSSR count). The summed E-state index contributed by atoms with van der Waals surface area (Å²) in [6.45, 7) is 4.39. The molecule has 0 aliphatic carbocycles. The molecule has 3 aromatic carbocycles. The van der Waals surface area contributed by atoms with Gasteiger partial charge in [0.1, 0.15) is 0 Å². The van der Waals surface area contributed by atoms with Crippen LogP contribution in [0, 0.1) is 19.9 Å². The highest BCUT2D eigenvalue weighted by molar-refractivity contribution is 5.36. The van der Waals surface area contributed by atoms with Gasteiger partial charge in [-0.2, -0.15) is 0 Å². The molecule has 0 heterocycles. The van der Waals surface area contributed by atoms with Crippen LogP contribution in [0.3, 0.4) is 0 Å². The average molecular weight is 299 g/mol. The quantitative estimate of drug-likeness (QED) is 0.553. The first-order chi connectivity index (χ1) is 11.3. The molecule has 0 amide bonds. The smallest absolute Gasteiger partial charge is 0.00925 e. The maximum atomic E-state index is 3.22. The number of rotatable bonds is 5. The molecule has 0 saturated carbocycles. The highest BCUT2D eigenvalue weighted by Gasteiger charge is 2.15. The number of hydrogen-bond donors (Lipinski definition) is 0. The first-order valence-electron chi connectivity index (χ1n) is 8.32. The Balaban J connectivity index is 1.88. The van der Waals surface area contributed by atoms with Crippen LogP contribution >= 0.6 is 0 Å². The third-order valence-corrected chi connectivity index (χ3v) is 4.64. The summed E-state index contributed by atoms with van der Waals surface area (Å²) in [5, 5.41) is 0. The Morgan fingerprint density at radius 2 is 1.22 bits per heavy atom. The zero-order chi connectivity index (χ0) is 16.1. The lowest BCUT2D eigenvalue weighted by atomic mass is 9.85. The van der Waals surface area contributed by atoms with Crippen molar-refractivity contribution in [3.05, 3.63) is 107 Å². The largest absolute Gasteiger partial charge is 0.0622 e. The van der Waals surface area contributed by atoms with E-state index in [1.165, 1.54) is 27.8 Å². The van der Waals surface area contributed by atoms with E-state index in [2.05, 4.69) is 92.7 Å². The summed E-state index contributed by atoms with van der Waals surface area (Å²) in [7, 11) is 0. The summed E-state index contributed by atoms with van der Waals surface area (Å²) in [5.74, 6) is 0.445. The van der Waals surface area contributed by atoms with Crippen LogP contribution in [-0.2, 0) is 6.42 Å². The molecular weight excluding hydrogens is 276 g/mol. The molecule has 0 heteroatoms. The minimum absolute atomic E-state index is 0.445. The summed E-state index contributed by atoms with van der Waals surface area (Å²) in [5.41, 5.74) is 6.98. The molecule has 3 aromatic rings. The highest BCUT2D eigenvalue weighted by atomic mass is 14.2. The van der Waals surface area contributed by atoms with Gasteiger partial charge in [0.2, 0.25) is 0 Å². The van der Waals surface area contributed by atoms with Crippen molar-refractivity contribution in [3.8, 4) is 0 Å². The van der Waals surface area contributed by atoms with Gasteiger partial charge < -0.3 is 0 Å². The minimum Gasteiger partial charge on any atom is -0.0622 e. The predicted octanol–water partition coefficient (Wildman–Crippen LogP) is 5.87. The Kier molecular flexibility index (Phi) is 4.92. The summed E-state index contributed by atoms with van der Waals surface area (Å²) < 4.78 is 0. The second kappa shape index (κ2) is 7.28. The standard InChI is InChI=1S/C23H23/c1-18-10-9-11-19(2)22(18)16-17-23(20-12-5-3-6-13-20)21-14-7-4-8-15-21/h3-8,10-15,23H,16-17H2,1-2H3. The van der Waals surface area contributed by atoms with E-state index in [1.807, 2.05) is 0 Å². The molecule has 0 aromatic heterocycles. The lowest BCUT2D eigenvalue weighted by Gasteiger charge is -2.19. The van der Waals surface area contributed by atoms with Crippen molar-refractivity contribution in [1.82, 2.24) is 0 Å². The third-order valence-electron chi connectivity index (χ3n) is 4.64. The maximum Gasteiger partial charge on any atom is 0.00925 e. The van der Waals surface area contributed by atoms with E-state index in [-0.39, 0.29) is 0 Å². The van der Waals surface area contributed by atoms with Gasteiger partial charge in [0.25, 0.3) is 0 Å². The van der Waals surface area contributed by atoms with Crippen LogP contribution in [0.1, 0.15) is 40.2 Å². The Bertz CT molecular complexity index is 682. The molecule has 0 atom stereocenters. The fourth-order valence-electron chi connectivity index (χ4n) is 3.36. The molecular formula is C23H23. The topological polar surface area (TPSA) is 0 Å². The first-order valence-corrected chi connectivity index (χ1v) is 8.32. The predicted molar refractivity (Wildman–Crippen MR) is 97.8 cm³/mol. The van der Waals surface area contributed by atoms with E-state index in [0.29, 0.717) is 5.92 Å². The van der Waals surface area contributed by atoms with E-state index in [4.69, 9.17) is 0 Å². The fourth-order valence-corrected chi connectivity index (χ4v) is 3.36. The molecule has 23 heavy (non-hydrogen) atoms. The van der Waals surface area contributed by atoms with Gasteiger partial charge in [0, 0.05) is 5.92 Å². The van der Waals surface area contributed by atoms with Crippen LogP contribution in [0.5, 0.6) is 0 Å². The number of hydrogen-bond acceptors (Lipinski definition) is 0. The molecule has 0 aliphatic rings. The molecule has 0 N–H and O–H groups in total. The molecule has 0 spiro atoms. The van der Waals surface area contributed by atoms with Crippen LogP contribution in [-0.4, -0.2) is 0 Å². The zero-order valence-electron chi connectivity index (χ0n) is 13.9. The summed E-state index contributed by atoms with van der Waals surface area (Å²) in [6.07, 6.45) is 2.22. The van der Waals surface area contributed by atoms with Gasteiger partial charge in [-0.1, -0.05) is 72.8 Å². The van der Waals surface area contributed by atoms with Gasteiger partial charge in [0.05, 0.1) is 0 Å². The van der Waals surface area contributed by atoms with Gasteiger partial charge in [-0.25, -0.2) is 0 Å². The third kappa shape index (κ3) is 3.71. The maximum absolute atomic E-state index is 3.22. The molecule has 0 nitrogen and oxygen atoms in total. The Morgan fingerprint density at radius 1 is 0.739 bits per heavy atom. The van der Waals surface area contributed by atoms with Crippen LogP contribution in [0.15, 0.2) is 72.8 Å². The first kappa shape index (κ1) is 15.6. The molecule has 0 unspecified atom stereocenters. The van der Waals surface area contributed by atoms with E-state index in [0.717, 1.165) is 12.8 Å². The SMILES string of the molecule is Cc1c[c]cc(C)c1CCC(c1ccccc1)c1ccccc1. The van der Waals surface area contributed by atoms with E-state index >= 15 is 0 Å². The summed E-state index contributed by atoms with van der Waals surface area (Å²) in [4.78, 5) is 0. The van der Waals surface area contributed by atoms with E-state index in [9.17, 15) is 0 Å². The van der Waals surface area contributed by atoms with Crippen LogP contribution < -0.4 is 0 Å². The van der Waals surface area contributed by atoms with Crippen molar-refractivity contribution in [1.29, 1.82) is 0 Å². The highest BCUT2D eigenvalue weighted by Crippen LogP contribution is 2.30. The normalized spacial score (nSPS) is 10.9. The van der Waals surface area contributed by atoms with Crippen LogP contribution in [0.25, 0.3) is 0 Å². The van der Waals surface area contributed by atoms with E-state index in [1.54, 1.807) is 0 Å². The van der Waals surface area contributed by atoms with Crippen molar-refractivity contribution < 1.29 is 0 Å². The number of benzene rings is 3. The molecule has 0 bridgehead atoms. The van der Waals surface area contributed by atoms with Gasteiger partial charge in [-0.15, -0.1) is 0 Å². The zero-order valence-corrected chi connectivity index (χ0v) is 13.9. The summed E-state index contributed by atoms with van der Waals surface area (Å²) >= 11 is 0. The van der Waals surface area contributed by atoms with Crippen molar-refractivity contribution in [2.75, 3.05) is 0 Å². The summed E-state index contributed by atoms with van der Waals surface area (Å²) in [6, 6.07) is 29.1. The van der Waals surface area contributed by atoms with Crippen LogP contribution in [0.2, 0.25) is 0 Å². The second-order valence-corrected chi connectivity index (χ2v) is 6.21. The second-order valence-electron chi connectivity index (χ2n) is 6.21. The van der Waals surface area contributed by atoms with E-state index < -0.39 is 0 Å². The Labute approximate surface area is 139 Å². The average Bonchev–Trinajstić information content (AvgIpc) is 2.59. The molecule has 1 radical (unpaired) electrons. The lowest BCUT2D eigenvalue weighted by molar-refractivity contribution is 0.710. The molecule has 0 saturated heterocycles. The number of aryl methyl sites for hydroxylation is 2. The van der Waals surface area contributed by atoms with Gasteiger partial charge in [-0.05, 0) is 60.6 Å². The van der Waals surface area contributed by atoms with Gasteiger partial charge in [0.15, 0.2) is 0 Å². The molecule has 0 fully saturated rings. The van der Waals surface area contributed by atoms with Crippen molar-refractivity contribution >= 4 is 0 Å². The van der Waals surface area contributed by atoms with Gasteiger partial charge >= 0.3 is 0 Å². The van der Waals surface area contributed by atoms with Crippen molar-refractivity contribution in [2.24, 2.45) is 0 Å². The Hall–Kier alpha value is -2.34. The lowest BCUT2D eigenvalue weighted by Crippen LogP contribution is -2.04. The monoisotopic (exact) mass is 299 g/mol. The van der Waals surface area contributed by atoms with Crippen molar-refractivity contribution in [2.45, 2.75) is 32.6 Å². The van der Waals surface area contributed by atoms with Crippen molar-refractivity contribution in [3.63, 3.8) is 0 Å². The van der Waals surface area contributed by atoms with Gasteiger partial charge in [-0.3, -0.25) is 0 Å².